The van der Waals surface area contributed by atoms with E-state index in [1.54, 1.807) is 7.11 Å². The van der Waals surface area contributed by atoms with Crippen molar-refractivity contribution in [2.24, 2.45) is 5.92 Å². The van der Waals surface area contributed by atoms with E-state index in [9.17, 15) is 0 Å². The van der Waals surface area contributed by atoms with Gasteiger partial charge in [0.2, 0.25) is 0 Å². The number of hydrogen-bond donors (Lipinski definition) is 1. The lowest BCUT2D eigenvalue weighted by Gasteiger charge is -2.19. The molecule has 1 N–H and O–H groups in total. The van der Waals surface area contributed by atoms with Gasteiger partial charge in [0.15, 0.2) is 0 Å². The lowest BCUT2D eigenvalue weighted by Crippen LogP contribution is -2.31. The lowest BCUT2D eigenvalue weighted by atomic mass is 10.0. The maximum absolute atomic E-state index is 6.00. The minimum absolute atomic E-state index is 0.315. The van der Waals surface area contributed by atoms with Crippen molar-refractivity contribution in [1.29, 1.82) is 0 Å². The van der Waals surface area contributed by atoms with Gasteiger partial charge >= 0.3 is 0 Å². The smallest absolute Gasteiger partial charge is 0.123 e. The minimum Gasteiger partial charge on any atom is -0.496 e. The van der Waals surface area contributed by atoms with Crippen LogP contribution in [0.3, 0.4) is 0 Å². The second-order valence-electron chi connectivity index (χ2n) is 4.82. The fourth-order valence-corrected chi connectivity index (χ4v) is 2.34. The van der Waals surface area contributed by atoms with Crippen molar-refractivity contribution in [2.45, 2.75) is 32.9 Å². The SMILES string of the molecule is COc1ccc(Cl)cc1CNC(CCl)CC(C)C. The van der Waals surface area contributed by atoms with E-state index in [-0.39, 0.29) is 0 Å². The molecule has 4 heteroatoms. The van der Waals surface area contributed by atoms with Crippen molar-refractivity contribution in [2.75, 3.05) is 13.0 Å². The summed E-state index contributed by atoms with van der Waals surface area (Å²) in [5.41, 5.74) is 1.06. The van der Waals surface area contributed by atoms with Gasteiger partial charge in [-0.25, -0.2) is 0 Å². The van der Waals surface area contributed by atoms with Crippen LogP contribution >= 0.6 is 23.2 Å². The van der Waals surface area contributed by atoms with Crippen molar-refractivity contribution in [3.05, 3.63) is 28.8 Å². The Morgan fingerprint density at radius 3 is 2.61 bits per heavy atom. The number of alkyl halides is 1. The second kappa shape index (κ2) is 7.88. The van der Waals surface area contributed by atoms with E-state index in [4.69, 9.17) is 27.9 Å². The van der Waals surface area contributed by atoms with E-state index in [0.29, 0.717) is 24.4 Å². The molecule has 1 rings (SSSR count). The molecule has 1 unspecified atom stereocenters. The van der Waals surface area contributed by atoms with Gasteiger partial charge in [-0.2, -0.15) is 0 Å². The monoisotopic (exact) mass is 289 g/mol. The number of rotatable bonds is 7. The van der Waals surface area contributed by atoms with Crippen LogP contribution in [0.1, 0.15) is 25.8 Å². The van der Waals surface area contributed by atoms with Gasteiger partial charge in [0.05, 0.1) is 7.11 Å². The predicted molar refractivity (Wildman–Crippen MR) is 78.8 cm³/mol. The first-order valence-electron chi connectivity index (χ1n) is 6.18. The molecular formula is C14H21Cl2NO. The van der Waals surface area contributed by atoms with E-state index in [1.165, 1.54) is 0 Å². The summed E-state index contributed by atoms with van der Waals surface area (Å²) in [7, 11) is 1.67. The van der Waals surface area contributed by atoms with Gasteiger partial charge in [0.1, 0.15) is 5.75 Å². The summed E-state index contributed by atoms with van der Waals surface area (Å²) in [6.45, 7) is 5.11. The molecule has 0 radical (unpaired) electrons. The van der Waals surface area contributed by atoms with E-state index in [1.807, 2.05) is 18.2 Å². The Hall–Kier alpha value is -0.440. The molecule has 0 spiro atoms. The number of benzene rings is 1. The highest BCUT2D eigenvalue weighted by molar-refractivity contribution is 6.30. The molecule has 1 atom stereocenters. The molecule has 0 saturated heterocycles. The van der Waals surface area contributed by atoms with Crippen LogP contribution in [0.15, 0.2) is 18.2 Å². The topological polar surface area (TPSA) is 21.3 Å². The maximum atomic E-state index is 6.00. The third-order valence-electron chi connectivity index (χ3n) is 2.77. The fraction of sp³-hybridized carbons (Fsp3) is 0.571. The van der Waals surface area contributed by atoms with Crippen molar-refractivity contribution < 1.29 is 4.74 Å². The zero-order valence-electron chi connectivity index (χ0n) is 11.2. The zero-order chi connectivity index (χ0) is 13.5. The van der Waals surface area contributed by atoms with Gasteiger partial charge in [-0.1, -0.05) is 25.4 Å². The second-order valence-corrected chi connectivity index (χ2v) is 5.56. The molecule has 0 heterocycles. The fourth-order valence-electron chi connectivity index (χ4n) is 1.91. The van der Waals surface area contributed by atoms with Crippen molar-refractivity contribution >= 4 is 23.2 Å². The van der Waals surface area contributed by atoms with Gasteiger partial charge in [-0.3, -0.25) is 0 Å². The third-order valence-corrected chi connectivity index (χ3v) is 3.37. The van der Waals surface area contributed by atoms with E-state index in [0.717, 1.165) is 22.8 Å². The molecule has 0 saturated carbocycles. The largest absolute Gasteiger partial charge is 0.496 e. The first-order valence-corrected chi connectivity index (χ1v) is 7.09. The molecule has 0 aromatic heterocycles. The van der Waals surface area contributed by atoms with Crippen molar-refractivity contribution in [3.63, 3.8) is 0 Å². The quantitative estimate of drug-likeness (QED) is 0.764. The first-order chi connectivity index (χ1) is 8.56. The van der Waals surface area contributed by atoms with Gasteiger partial charge in [-0.15, -0.1) is 11.6 Å². The van der Waals surface area contributed by atoms with Crippen molar-refractivity contribution in [3.8, 4) is 5.75 Å². The highest BCUT2D eigenvalue weighted by atomic mass is 35.5. The zero-order valence-corrected chi connectivity index (χ0v) is 12.7. The molecule has 2 nitrogen and oxygen atoms in total. The summed E-state index contributed by atoms with van der Waals surface area (Å²) in [5.74, 6) is 2.09. The third kappa shape index (κ3) is 5.05. The number of hydrogen-bond acceptors (Lipinski definition) is 2. The Labute approximate surface area is 120 Å². The molecule has 18 heavy (non-hydrogen) atoms. The molecule has 0 aliphatic heterocycles. The average molecular weight is 290 g/mol. The molecule has 102 valence electrons. The summed E-state index contributed by atoms with van der Waals surface area (Å²) in [6.07, 6.45) is 1.06. The Morgan fingerprint density at radius 1 is 1.33 bits per heavy atom. The first kappa shape index (κ1) is 15.6. The van der Waals surface area contributed by atoms with Crippen LogP contribution in [-0.4, -0.2) is 19.0 Å². The van der Waals surface area contributed by atoms with Gasteiger partial charge < -0.3 is 10.1 Å². The molecule has 0 aliphatic carbocycles. The van der Waals surface area contributed by atoms with Crippen LogP contribution in [0.4, 0.5) is 0 Å². The van der Waals surface area contributed by atoms with Crippen LogP contribution in [0, 0.1) is 5.92 Å². The summed E-state index contributed by atoms with van der Waals surface area (Å²) in [4.78, 5) is 0. The van der Waals surface area contributed by atoms with Crippen LogP contribution in [0.2, 0.25) is 5.02 Å². The molecular weight excluding hydrogens is 269 g/mol. The number of methoxy groups -OCH3 is 1. The Balaban J connectivity index is 2.63. The summed E-state index contributed by atoms with van der Waals surface area (Å²) < 4.78 is 5.32. The lowest BCUT2D eigenvalue weighted by molar-refractivity contribution is 0.400. The minimum atomic E-state index is 0.315. The van der Waals surface area contributed by atoms with Gasteiger partial charge in [0, 0.05) is 29.1 Å². The summed E-state index contributed by atoms with van der Waals surface area (Å²) >= 11 is 12.0. The maximum Gasteiger partial charge on any atom is 0.123 e. The highest BCUT2D eigenvalue weighted by Crippen LogP contribution is 2.22. The average Bonchev–Trinajstić information content (AvgIpc) is 2.34. The summed E-state index contributed by atoms with van der Waals surface area (Å²) in [5, 5.41) is 4.17. The predicted octanol–water partition coefficient (Wildman–Crippen LogP) is 4.09. The molecule has 1 aromatic rings. The van der Waals surface area contributed by atoms with Crippen LogP contribution in [0.5, 0.6) is 5.75 Å². The van der Waals surface area contributed by atoms with Crippen LogP contribution < -0.4 is 10.1 Å². The molecule has 0 amide bonds. The highest BCUT2D eigenvalue weighted by Gasteiger charge is 2.11. The Bertz CT molecular complexity index is 369. The normalized spacial score (nSPS) is 12.8. The molecule has 0 aliphatic rings. The van der Waals surface area contributed by atoms with Gasteiger partial charge in [0.25, 0.3) is 0 Å². The number of ether oxygens (including phenoxy) is 1. The molecule has 0 fully saturated rings. The standard InChI is InChI=1S/C14H21Cl2NO/c1-10(2)6-13(8-15)17-9-11-7-12(16)4-5-14(11)18-3/h4-5,7,10,13,17H,6,8-9H2,1-3H3. The summed E-state index contributed by atoms with van der Waals surface area (Å²) in [6, 6.07) is 5.96. The Kier molecular flexibility index (Phi) is 6.83. The van der Waals surface area contributed by atoms with E-state index < -0.39 is 0 Å². The molecule has 1 aromatic carbocycles. The van der Waals surface area contributed by atoms with E-state index >= 15 is 0 Å². The van der Waals surface area contributed by atoms with Crippen LogP contribution in [-0.2, 0) is 6.54 Å². The number of nitrogens with one attached hydrogen (secondary N) is 1. The van der Waals surface area contributed by atoms with Crippen LogP contribution in [0.25, 0.3) is 0 Å². The van der Waals surface area contributed by atoms with Crippen molar-refractivity contribution in [1.82, 2.24) is 5.32 Å². The van der Waals surface area contributed by atoms with E-state index in [2.05, 4.69) is 19.2 Å². The number of halogens is 2. The Morgan fingerprint density at radius 2 is 2.06 bits per heavy atom. The molecule has 0 bridgehead atoms. The van der Waals surface area contributed by atoms with Gasteiger partial charge in [-0.05, 0) is 30.5 Å².